The molecule has 5 rings (SSSR count). The number of hydrogen-bond acceptors (Lipinski definition) is 7. The summed E-state index contributed by atoms with van der Waals surface area (Å²) in [7, 11) is 0. The first kappa shape index (κ1) is 20.2. The first-order valence-electron chi connectivity index (χ1n) is 10.2. The maximum absolute atomic E-state index is 10.7. The van der Waals surface area contributed by atoms with Crippen molar-refractivity contribution in [2.45, 2.75) is 37.5 Å². The average Bonchev–Trinajstić information content (AvgIpc) is 3.30. The fraction of sp³-hybridized carbons (Fsp3) is 0.318. The molecular weight excluding hydrogens is 460 g/mol. The van der Waals surface area contributed by atoms with E-state index in [0.29, 0.717) is 23.7 Å². The second-order valence-electron chi connectivity index (χ2n) is 8.18. The smallest absolute Gasteiger partial charge is 0.145 e. The molecule has 1 aromatic carbocycles. The van der Waals surface area contributed by atoms with Crippen LogP contribution in [-0.4, -0.2) is 41.9 Å². The van der Waals surface area contributed by atoms with E-state index in [1.807, 2.05) is 35.0 Å². The quantitative estimate of drug-likeness (QED) is 0.351. The lowest BCUT2D eigenvalue weighted by Crippen LogP contribution is -2.29. The standard InChI is InChI=1S/C22H23BrN6O2/c23-15-8-12-3-1-11(7-16(12)28-21(15)25)2-4-13-9-17(19(31)18(13)30)29-6-5-14-20(24)26-10-27-22(14)29/h1,3,5-8,10,13,17-19,30-31H,2,4,9H2,(H2,25,28)(H2,24,26,27)/t13-,17+,18+,19-/m1/s1. The summed E-state index contributed by atoms with van der Waals surface area (Å²) in [6.07, 6.45) is 3.79. The Balaban J connectivity index is 1.34. The zero-order valence-corrected chi connectivity index (χ0v) is 18.3. The van der Waals surface area contributed by atoms with Gasteiger partial charge in [0.2, 0.25) is 0 Å². The molecule has 0 bridgehead atoms. The Bertz CT molecular complexity index is 1280. The third-order valence-electron chi connectivity index (χ3n) is 6.34. The van der Waals surface area contributed by atoms with Gasteiger partial charge in [-0.1, -0.05) is 12.1 Å². The number of nitrogens with zero attached hydrogens (tertiary/aromatic N) is 4. The summed E-state index contributed by atoms with van der Waals surface area (Å²) >= 11 is 3.41. The largest absolute Gasteiger partial charge is 0.390 e. The molecule has 9 heteroatoms. The van der Waals surface area contributed by atoms with Crippen LogP contribution in [0.25, 0.3) is 21.9 Å². The van der Waals surface area contributed by atoms with Crippen LogP contribution in [0.2, 0.25) is 0 Å². The van der Waals surface area contributed by atoms with Gasteiger partial charge in [-0.2, -0.15) is 0 Å². The number of pyridine rings is 1. The Morgan fingerprint density at radius 1 is 1.06 bits per heavy atom. The molecule has 1 saturated carbocycles. The predicted molar refractivity (Wildman–Crippen MR) is 123 cm³/mol. The number of aryl methyl sites for hydroxylation is 1. The van der Waals surface area contributed by atoms with Crippen molar-refractivity contribution in [1.29, 1.82) is 0 Å². The molecule has 0 aliphatic heterocycles. The Labute approximate surface area is 187 Å². The van der Waals surface area contributed by atoms with E-state index in [9.17, 15) is 10.2 Å². The zero-order chi connectivity index (χ0) is 21.7. The fourth-order valence-electron chi connectivity index (χ4n) is 4.63. The van der Waals surface area contributed by atoms with Gasteiger partial charge in [0.15, 0.2) is 0 Å². The zero-order valence-electron chi connectivity index (χ0n) is 16.7. The summed E-state index contributed by atoms with van der Waals surface area (Å²) in [5.74, 6) is 0.839. The van der Waals surface area contributed by atoms with Crippen molar-refractivity contribution in [3.05, 3.63) is 52.9 Å². The van der Waals surface area contributed by atoms with Gasteiger partial charge >= 0.3 is 0 Å². The van der Waals surface area contributed by atoms with E-state index in [2.05, 4.69) is 36.9 Å². The number of nitrogens with two attached hydrogens (primary N) is 2. The fourth-order valence-corrected chi connectivity index (χ4v) is 4.96. The second kappa shape index (κ2) is 7.74. The lowest BCUT2D eigenvalue weighted by Gasteiger charge is -2.19. The number of rotatable bonds is 4. The van der Waals surface area contributed by atoms with Crippen molar-refractivity contribution >= 4 is 49.5 Å². The number of fused-ring (bicyclic) bond motifs is 2. The van der Waals surface area contributed by atoms with E-state index >= 15 is 0 Å². The lowest BCUT2D eigenvalue weighted by atomic mass is 9.95. The molecule has 0 radical (unpaired) electrons. The van der Waals surface area contributed by atoms with Gasteiger partial charge in [-0.15, -0.1) is 0 Å². The summed E-state index contributed by atoms with van der Waals surface area (Å²) in [6, 6.07) is 9.68. The van der Waals surface area contributed by atoms with Crippen LogP contribution < -0.4 is 11.5 Å². The molecule has 8 nitrogen and oxygen atoms in total. The topological polar surface area (TPSA) is 136 Å². The number of anilines is 2. The maximum atomic E-state index is 10.7. The number of nitrogen functional groups attached to an aromatic ring is 2. The molecule has 3 aromatic heterocycles. The van der Waals surface area contributed by atoms with Crippen LogP contribution in [0.1, 0.15) is 24.4 Å². The molecule has 3 heterocycles. The predicted octanol–water partition coefficient (Wildman–Crippen LogP) is 2.82. The Morgan fingerprint density at radius 3 is 2.74 bits per heavy atom. The Hall–Kier alpha value is -2.75. The van der Waals surface area contributed by atoms with Gasteiger partial charge in [0, 0.05) is 11.6 Å². The molecule has 1 fully saturated rings. The number of aliphatic hydroxyl groups is 2. The van der Waals surface area contributed by atoms with Gasteiger partial charge in [0.25, 0.3) is 0 Å². The molecule has 0 amide bonds. The van der Waals surface area contributed by atoms with Crippen molar-refractivity contribution < 1.29 is 10.2 Å². The minimum absolute atomic E-state index is 0.0322. The van der Waals surface area contributed by atoms with Crippen molar-refractivity contribution in [2.24, 2.45) is 5.92 Å². The van der Waals surface area contributed by atoms with E-state index in [-0.39, 0.29) is 12.0 Å². The molecular formula is C22H23BrN6O2. The third-order valence-corrected chi connectivity index (χ3v) is 6.97. The highest BCUT2D eigenvalue weighted by atomic mass is 79.9. The first-order chi connectivity index (χ1) is 14.9. The minimum atomic E-state index is -0.868. The molecule has 0 unspecified atom stereocenters. The third kappa shape index (κ3) is 3.52. The number of aromatic nitrogens is 4. The highest BCUT2D eigenvalue weighted by molar-refractivity contribution is 9.10. The first-order valence-corrected chi connectivity index (χ1v) is 11.0. The molecule has 1 aliphatic rings. The van der Waals surface area contributed by atoms with Gasteiger partial charge in [-0.05, 0) is 64.9 Å². The Kier molecular flexibility index (Phi) is 5.04. The van der Waals surface area contributed by atoms with Crippen LogP contribution in [0.4, 0.5) is 11.6 Å². The van der Waals surface area contributed by atoms with Crippen LogP contribution in [0, 0.1) is 5.92 Å². The molecule has 0 saturated heterocycles. The van der Waals surface area contributed by atoms with Gasteiger partial charge < -0.3 is 26.2 Å². The molecule has 6 N–H and O–H groups in total. The normalized spacial score (nSPS) is 23.7. The number of benzene rings is 1. The Morgan fingerprint density at radius 2 is 1.90 bits per heavy atom. The number of halogens is 1. The minimum Gasteiger partial charge on any atom is -0.390 e. The molecule has 4 aromatic rings. The van der Waals surface area contributed by atoms with E-state index in [0.717, 1.165) is 39.2 Å². The van der Waals surface area contributed by atoms with Crippen LogP contribution in [0.15, 0.2) is 47.3 Å². The van der Waals surface area contributed by atoms with Crippen LogP contribution in [0.5, 0.6) is 0 Å². The summed E-state index contributed by atoms with van der Waals surface area (Å²) < 4.78 is 2.69. The van der Waals surface area contributed by atoms with E-state index in [1.165, 1.54) is 6.33 Å². The number of hydrogen-bond donors (Lipinski definition) is 4. The van der Waals surface area contributed by atoms with Crippen LogP contribution in [0.3, 0.4) is 0 Å². The summed E-state index contributed by atoms with van der Waals surface area (Å²) in [6.45, 7) is 0. The van der Waals surface area contributed by atoms with Crippen molar-refractivity contribution in [2.75, 3.05) is 11.5 Å². The SMILES string of the molecule is Nc1nc2cc(CC[C@@H]3C[C@H](n4ccc5c(N)ncnc54)[C@@H](O)[C@H]3O)ccc2cc1Br. The van der Waals surface area contributed by atoms with Gasteiger partial charge in [0.1, 0.15) is 29.7 Å². The van der Waals surface area contributed by atoms with Crippen LogP contribution >= 0.6 is 15.9 Å². The summed E-state index contributed by atoms with van der Waals surface area (Å²) in [5, 5.41) is 23.2. The highest BCUT2D eigenvalue weighted by Crippen LogP contribution is 2.39. The van der Waals surface area contributed by atoms with Crippen molar-refractivity contribution in [3.63, 3.8) is 0 Å². The molecule has 1 aliphatic carbocycles. The molecule has 4 atom stereocenters. The van der Waals surface area contributed by atoms with E-state index in [4.69, 9.17) is 11.5 Å². The molecule has 31 heavy (non-hydrogen) atoms. The van der Waals surface area contributed by atoms with Gasteiger partial charge in [-0.25, -0.2) is 15.0 Å². The summed E-state index contributed by atoms with van der Waals surface area (Å²) in [5.41, 5.74) is 14.5. The van der Waals surface area contributed by atoms with Crippen molar-refractivity contribution in [3.8, 4) is 0 Å². The van der Waals surface area contributed by atoms with Crippen molar-refractivity contribution in [1.82, 2.24) is 19.5 Å². The monoisotopic (exact) mass is 482 g/mol. The second-order valence-corrected chi connectivity index (χ2v) is 9.04. The maximum Gasteiger partial charge on any atom is 0.145 e. The van der Waals surface area contributed by atoms with E-state index < -0.39 is 12.2 Å². The molecule has 0 spiro atoms. The number of aliphatic hydroxyl groups excluding tert-OH is 2. The lowest BCUT2D eigenvalue weighted by molar-refractivity contribution is 0.00545. The average molecular weight is 483 g/mol. The van der Waals surface area contributed by atoms with Crippen LogP contribution in [-0.2, 0) is 6.42 Å². The van der Waals surface area contributed by atoms with Gasteiger partial charge in [0.05, 0.1) is 27.5 Å². The summed E-state index contributed by atoms with van der Waals surface area (Å²) in [4.78, 5) is 12.8. The van der Waals surface area contributed by atoms with Gasteiger partial charge in [-0.3, -0.25) is 0 Å². The molecule has 160 valence electrons. The van der Waals surface area contributed by atoms with E-state index in [1.54, 1.807) is 0 Å². The highest BCUT2D eigenvalue weighted by Gasteiger charge is 2.42.